The first-order valence-electron chi connectivity index (χ1n) is 4.71. The van der Waals surface area contributed by atoms with E-state index in [1.54, 1.807) is 6.07 Å². The topological polar surface area (TPSA) is 49.8 Å². The van der Waals surface area contributed by atoms with Crippen molar-refractivity contribution in [3.63, 3.8) is 0 Å². The highest BCUT2D eigenvalue weighted by atomic mass is 35.5. The van der Waals surface area contributed by atoms with Crippen LogP contribution >= 0.6 is 12.4 Å². The van der Waals surface area contributed by atoms with E-state index in [1.165, 1.54) is 0 Å². The third-order valence-electron chi connectivity index (χ3n) is 2.35. The number of rotatable bonds is 1. The van der Waals surface area contributed by atoms with Gasteiger partial charge in [0.25, 0.3) is 0 Å². The molecule has 0 radical (unpaired) electrons. The van der Waals surface area contributed by atoms with Gasteiger partial charge in [-0.15, -0.1) is 12.4 Å². The van der Waals surface area contributed by atoms with Gasteiger partial charge in [-0.3, -0.25) is 0 Å². The van der Waals surface area contributed by atoms with Crippen molar-refractivity contribution in [1.82, 2.24) is 0 Å². The Morgan fingerprint density at radius 3 is 2.27 bits per heavy atom. The van der Waals surface area contributed by atoms with Crippen LogP contribution in [-0.2, 0) is 0 Å². The van der Waals surface area contributed by atoms with Crippen LogP contribution in [0.5, 0.6) is 0 Å². The van der Waals surface area contributed by atoms with Crippen molar-refractivity contribution in [2.45, 2.75) is 26.8 Å². The van der Waals surface area contributed by atoms with Crippen LogP contribution in [-0.4, -0.2) is 0 Å². The van der Waals surface area contributed by atoms with Gasteiger partial charge in [-0.05, 0) is 17.0 Å². The summed E-state index contributed by atoms with van der Waals surface area (Å²) in [5.74, 6) is 0. The molecule has 15 heavy (non-hydrogen) atoms. The molecule has 0 bridgehead atoms. The van der Waals surface area contributed by atoms with Gasteiger partial charge in [-0.25, -0.2) is 0 Å². The molecule has 82 valence electrons. The van der Waals surface area contributed by atoms with Crippen LogP contribution in [0.15, 0.2) is 24.3 Å². The first kappa shape index (κ1) is 14.0. The van der Waals surface area contributed by atoms with Gasteiger partial charge in [0, 0.05) is 6.04 Å². The van der Waals surface area contributed by atoms with Gasteiger partial charge in [-0.2, -0.15) is 5.26 Å². The Morgan fingerprint density at radius 1 is 1.27 bits per heavy atom. The third kappa shape index (κ3) is 3.23. The number of nitrogens with two attached hydrogens (primary N) is 1. The number of hydrogen-bond acceptors (Lipinski definition) is 2. The van der Waals surface area contributed by atoms with Crippen molar-refractivity contribution in [1.29, 1.82) is 5.26 Å². The van der Waals surface area contributed by atoms with Crippen LogP contribution in [0, 0.1) is 16.7 Å². The summed E-state index contributed by atoms with van der Waals surface area (Å²) in [6, 6.07) is 9.58. The van der Waals surface area contributed by atoms with E-state index in [1.807, 2.05) is 18.2 Å². The minimum absolute atomic E-state index is 0. The van der Waals surface area contributed by atoms with Crippen molar-refractivity contribution in [3.8, 4) is 6.07 Å². The summed E-state index contributed by atoms with van der Waals surface area (Å²) in [7, 11) is 0. The van der Waals surface area contributed by atoms with Crippen molar-refractivity contribution in [2.24, 2.45) is 11.1 Å². The van der Waals surface area contributed by atoms with E-state index in [-0.39, 0.29) is 23.9 Å². The lowest BCUT2D eigenvalue weighted by Crippen LogP contribution is -2.26. The number of nitriles is 1. The Morgan fingerprint density at radius 2 is 1.80 bits per heavy atom. The molecule has 0 aliphatic rings. The van der Waals surface area contributed by atoms with Gasteiger partial charge < -0.3 is 5.73 Å². The van der Waals surface area contributed by atoms with Gasteiger partial charge >= 0.3 is 0 Å². The van der Waals surface area contributed by atoms with E-state index in [2.05, 4.69) is 26.8 Å². The molecule has 0 aromatic heterocycles. The van der Waals surface area contributed by atoms with Crippen LogP contribution in [0.2, 0.25) is 0 Å². The molecule has 1 atom stereocenters. The summed E-state index contributed by atoms with van der Waals surface area (Å²) in [6.45, 7) is 6.23. The molecule has 3 heteroatoms. The average Bonchev–Trinajstić information content (AvgIpc) is 2.15. The number of nitrogens with zero attached hydrogens (tertiary/aromatic N) is 1. The molecule has 2 N–H and O–H groups in total. The molecule has 1 aromatic rings. The summed E-state index contributed by atoms with van der Waals surface area (Å²) >= 11 is 0. The normalized spacial score (nSPS) is 12.5. The van der Waals surface area contributed by atoms with Gasteiger partial charge in [0.15, 0.2) is 0 Å². The van der Waals surface area contributed by atoms with Crippen LogP contribution in [0.25, 0.3) is 0 Å². The van der Waals surface area contributed by atoms with Crippen LogP contribution in [0.3, 0.4) is 0 Å². The lowest BCUT2D eigenvalue weighted by Gasteiger charge is -2.27. The molecular weight excluding hydrogens is 208 g/mol. The average molecular weight is 225 g/mol. The molecule has 0 saturated heterocycles. The fourth-order valence-corrected chi connectivity index (χ4v) is 1.34. The highest BCUT2D eigenvalue weighted by molar-refractivity contribution is 5.85. The second kappa shape index (κ2) is 5.16. The van der Waals surface area contributed by atoms with Crippen LogP contribution < -0.4 is 5.73 Å². The SMILES string of the molecule is CC(C)(C)[C@@H](N)c1ccccc1C#N.Cl. The molecule has 0 unspecified atom stereocenters. The molecule has 1 rings (SSSR count). The first-order valence-corrected chi connectivity index (χ1v) is 4.71. The van der Waals surface area contributed by atoms with Crippen molar-refractivity contribution >= 4 is 12.4 Å². The molecular formula is C12H17ClN2. The Labute approximate surface area is 97.5 Å². The van der Waals surface area contributed by atoms with Crippen LogP contribution in [0.1, 0.15) is 37.9 Å². The lowest BCUT2D eigenvalue weighted by atomic mass is 9.81. The smallest absolute Gasteiger partial charge is 0.0995 e. The molecule has 2 nitrogen and oxygen atoms in total. The Balaban J connectivity index is 0.00000196. The van der Waals surface area contributed by atoms with Gasteiger partial charge in [0.05, 0.1) is 11.6 Å². The highest BCUT2D eigenvalue weighted by Crippen LogP contribution is 2.31. The highest BCUT2D eigenvalue weighted by Gasteiger charge is 2.23. The van der Waals surface area contributed by atoms with E-state index < -0.39 is 0 Å². The predicted octanol–water partition coefficient (Wildman–Crippen LogP) is 3.03. The summed E-state index contributed by atoms with van der Waals surface area (Å²) < 4.78 is 0. The number of benzene rings is 1. The number of hydrogen-bond donors (Lipinski definition) is 1. The maximum Gasteiger partial charge on any atom is 0.0995 e. The quantitative estimate of drug-likeness (QED) is 0.797. The largest absolute Gasteiger partial charge is 0.323 e. The maximum atomic E-state index is 8.93. The Bertz CT molecular complexity index is 361. The van der Waals surface area contributed by atoms with Crippen LogP contribution in [0.4, 0.5) is 0 Å². The third-order valence-corrected chi connectivity index (χ3v) is 2.35. The summed E-state index contributed by atoms with van der Waals surface area (Å²) in [5.41, 5.74) is 7.69. The Kier molecular flexibility index (Phi) is 4.80. The second-order valence-corrected chi connectivity index (χ2v) is 4.54. The van der Waals surface area contributed by atoms with E-state index in [0.717, 1.165) is 5.56 Å². The summed E-state index contributed by atoms with van der Waals surface area (Å²) in [4.78, 5) is 0. The monoisotopic (exact) mass is 224 g/mol. The van der Waals surface area contributed by atoms with Crippen molar-refractivity contribution in [2.75, 3.05) is 0 Å². The van der Waals surface area contributed by atoms with Crippen molar-refractivity contribution in [3.05, 3.63) is 35.4 Å². The van der Waals surface area contributed by atoms with Gasteiger partial charge in [0.1, 0.15) is 0 Å². The first-order chi connectivity index (χ1) is 6.46. The summed E-state index contributed by atoms with van der Waals surface area (Å²) in [6.07, 6.45) is 0. The molecule has 1 aromatic carbocycles. The molecule has 0 aliphatic carbocycles. The van der Waals surface area contributed by atoms with E-state index >= 15 is 0 Å². The number of halogens is 1. The zero-order valence-electron chi connectivity index (χ0n) is 9.32. The zero-order valence-corrected chi connectivity index (χ0v) is 10.1. The zero-order chi connectivity index (χ0) is 10.8. The van der Waals surface area contributed by atoms with Gasteiger partial charge in [0.2, 0.25) is 0 Å². The fourth-order valence-electron chi connectivity index (χ4n) is 1.34. The minimum Gasteiger partial charge on any atom is -0.323 e. The molecule has 0 aliphatic heterocycles. The molecule has 0 heterocycles. The predicted molar refractivity (Wildman–Crippen MR) is 64.8 cm³/mol. The van der Waals surface area contributed by atoms with Crippen molar-refractivity contribution < 1.29 is 0 Å². The standard InChI is InChI=1S/C12H16N2.ClH/c1-12(2,3)11(14)10-7-5-4-6-9(10)8-13;/h4-7,11H,14H2,1-3H3;1H/t11-;/m0./s1. The van der Waals surface area contributed by atoms with Gasteiger partial charge in [-0.1, -0.05) is 39.0 Å². The minimum atomic E-state index is -0.0988. The van der Waals surface area contributed by atoms with E-state index in [9.17, 15) is 0 Å². The molecule has 0 saturated carbocycles. The lowest BCUT2D eigenvalue weighted by molar-refractivity contribution is 0.326. The Hall–Kier alpha value is -1.04. The summed E-state index contributed by atoms with van der Waals surface area (Å²) in [5, 5.41) is 8.93. The maximum absolute atomic E-state index is 8.93. The molecule has 0 amide bonds. The molecule has 0 fully saturated rings. The fraction of sp³-hybridized carbons (Fsp3) is 0.417. The van der Waals surface area contributed by atoms with E-state index in [0.29, 0.717) is 5.56 Å². The molecule has 0 spiro atoms. The second-order valence-electron chi connectivity index (χ2n) is 4.54. The van der Waals surface area contributed by atoms with E-state index in [4.69, 9.17) is 11.0 Å².